The zero-order chi connectivity index (χ0) is 27.1. The number of carbonyl (C=O) groups is 1. The molecule has 6 N–H and O–H groups in total. The predicted octanol–water partition coefficient (Wildman–Crippen LogP) is 0.0625. The molecule has 2 aromatic heterocycles. The zero-order valence-electron chi connectivity index (χ0n) is 18.6. The number of nitrogen functional groups attached to an aromatic ring is 1. The van der Waals surface area contributed by atoms with Crippen molar-refractivity contribution in [2.24, 2.45) is 0 Å². The third-order valence-corrected chi connectivity index (χ3v) is 6.06. The Morgan fingerprint density at radius 1 is 1.41 bits per heavy atom. The molecule has 0 spiro atoms. The van der Waals surface area contributed by atoms with Gasteiger partial charge in [-0.15, -0.1) is 0 Å². The van der Waals surface area contributed by atoms with Gasteiger partial charge in [0.1, 0.15) is 29.6 Å². The van der Waals surface area contributed by atoms with Crippen molar-refractivity contribution >= 4 is 34.6 Å². The number of aromatic nitrogens is 4. The lowest BCUT2D eigenvalue weighted by Crippen LogP contribution is -2.55. The van der Waals surface area contributed by atoms with Gasteiger partial charge < -0.3 is 35.6 Å². The maximum Gasteiger partial charge on any atom is 0.341 e. The van der Waals surface area contributed by atoms with Crippen LogP contribution in [0.15, 0.2) is 24.5 Å². The van der Waals surface area contributed by atoms with Crippen LogP contribution in [0, 0.1) is 17.1 Å². The lowest BCUT2D eigenvalue weighted by molar-refractivity contribution is -0.231. The van der Waals surface area contributed by atoms with Gasteiger partial charge in [0.05, 0.1) is 18.5 Å². The number of alkyl halides is 1. The van der Waals surface area contributed by atoms with Gasteiger partial charge in [-0.25, -0.2) is 18.6 Å². The first kappa shape index (κ1) is 26.5. The van der Waals surface area contributed by atoms with Crippen LogP contribution in [0.4, 0.5) is 14.6 Å². The van der Waals surface area contributed by atoms with E-state index < -0.39 is 61.3 Å². The molecule has 13 nitrogen and oxygen atoms in total. The first-order chi connectivity index (χ1) is 17.5. The highest BCUT2D eigenvalue weighted by atomic mass is 35.5. The van der Waals surface area contributed by atoms with Crippen LogP contribution in [0.3, 0.4) is 0 Å². The van der Waals surface area contributed by atoms with Gasteiger partial charge in [0, 0.05) is 6.42 Å². The van der Waals surface area contributed by atoms with E-state index in [0.717, 1.165) is 23.0 Å². The predicted molar refractivity (Wildman–Crippen MR) is 119 cm³/mol. The highest BCUT2D eigenvalue weighted by molar-refractivity contribution is 6.28. The molecule has 4 rings (SSSR count). The summed E-state index contributed by atoms with van der Waals surface area (Å²) in [6, 6.07) is 4.75. The molecule has 0 radical (unpaired) electrons. The van der Waals surface area contributed by atoms with E-state index in [9.17, 15) is 29.6 Å². The molecule has 0 saturated carbocycles. The number of benzene rings is 1. The molecule has 0 amide bonds. The van der Waals surface area contributed by atoms with Crippen LogP contribution in [-0.4, -0.2) is 82.8 Å². The maximum absolute atomic E-state index is 15.1. The fourth-order valence-corrected chi connectivity index (χ4v) is 4.09. The minimum Gasteiger partial charge on any atom is -0.479 e. The normalized spacial score (nSPS) is 23.3. The smallest absolute Gasteiger partial charge is 0.341 e. The Morgan fingerprint density at radius 2 is 2.14 bits per heavy atom. The number of rotatable bonds is 8. The van der Waals surface area contributed by atoms with Crippen molar-refractivity contribution in [1.29, 1.82) is 5.26 Å². The molecule has 5 atom stereocenters. The number of hydrogen-bond acceptors (Lipinski definition) is 11. The number of imidazole rings is 1. The Labute approximate surface area is 211 Å². The molecular formula is C21H19ClF2N6O7. The van der Waals surface area contributed by atoms with E-state index in [2.05, 4.69) is 15.0 Å². The fourth-order valence-electron chi connectivity index (χ4n) is 3.92. The fraction of sp³-hybridized carbons (Fsp3) is 0.381. The third kappa shape index (κ3) is 4.78. The van der Waals surface area contributed by atoms with Crippen LogP contribution in [-0.2, 0) is 20.7 Å². The van der Waals surface area contributed by atoms with Gasteiger partial charge in [-0.1, -0.05) is 6.07 Å². The Hall–Kier alpha value is -3.52. The summed E-state index contributed by atoms with van der Waals surface area (Å²) in [6.45, 7) is -0.814. The molecule has 0 bridgehead atoms. The number of aliphatic carboxylic acids is 1. The lowest BCUT2D eigenvalue weighted by Gasteiger charge is -2.32. The van der Waals surface area contributed by atoms with Crippen molar-refractivity contribution in [2.75, 3.05) is 12.3 Å². The Morgan fingerprint density at radius 3 is 2.76 bits per heavy atom. The van der Waals surface area contributed by atoms with E-state index in [1.165, 1.54) is 6.07 Å². The second kappa shape index (κ2) is 10.1. The molecule has 0 aliphatic carbocycles. The van der Waals surface area contributed by atoms with E-state index >= 15 is 4.39 Å². The van der Waals surface area contributed by atoms with Gasteiger partial charge in [-0.3, -0.25) is 4.57 Å². The molecule has 16 heteroatoms. The van der Waals surface area contributed by atoms with Crippen molar-refractivity contribution in [2.45, 2.75) is 42.9 Å². The van der Waals surface area contributed by atoms with Crippen molar-refractivity contribution in [1.82, 2.24) is 19.5 Å². The first-order valence-corrected chi connectivity index (χ1v) is 10.9. The minimum atomic E-state index is -2.76. The van der Waals surface area contributed by atoms with Gasteiger partial charge in [0.15, 0.2) is 30.2 Å². The molecule has 196 valence electrons. The summed E-state index contributed by atoms with van der Waals surface area (Å²) in [5.74, 6) is -2.87. The number of carboxylic acid groups (broad SMARTS) is 1. The second-order valence-corrected chi connectivity index (χ2v) is 8.52. The van der Waals surface area contributed by atoms with Gasteiger partial charge in [0.2, 0.25) is 10.9 Å². The van der Waals surface area contributed by atoms with Crippen LogP contribution < -0.4 is 5.73 Å². The average Bonchev–Trinajstić information content (AvgIpc) is 3.37. The number of aliphatic hydroxyl groups excluding tert-OH is 2. The van der Waals surface area contributed by atoms with E-state index in [1.807, 2.05) is 0 Å². The summed E-state index contributed by atoms with van der Waals surface area (Å²) >= 11 is 5.82. The molecule has 3 heterocycles. The van der Waals surface area contributed by atoms with Crippen molar-refractivity contribution < 1.29 is 43.5 Å². The van der Waals surface area contributed by atoms with Crippen molar-refractivity contribution in [3.8, 4) is 6.07 Å². The molecular weight excluding hydrogens is 522 g/mol. The number of nitrogens with zero attached hydrogens (tertiary/aromatic N) is 5. The number of carboxylic acids is 1. The summed E-state index contributed by atoms with van der Waals surface area (Å²) in [4.78, 5) is 23.7. The molecule has 3 aromatic rings. The molecule has 1 aliphatic rings. The van der Waals surface area contributed by atoms with E-state index in [4.69, 9.17) is 32.1 Å². The molecule has 37 heavy (non-hydrogen) atoms. The summed E-state index contributed by atoms with van der Waals surface area (Å²) in [5, 5.41) is 48.6. The maximum atomic E-state index is 15.1. The standard InChI is InChI=1S/C21H19ClF2N6O7/c22-20-28-15(26)13-16(29-20)30(7-27-13)17-12(24)14(31)11(37-17)6-36-21(18(32)33,19(34)35)4-8-1-2-9(5-25)10(23)3-8/h1-3,7,11-12,14,17-18,31-33H,4,6H2,(H,34,35)(H2,26,28,29)/t11-,12+,14-,17-,21?/m1/s1. The molecule has 1 aliphatic heterocycles. The van der Waals surface area contributed by atoms with Gasteiger partial charge in [0.25, 0.3) is 0 Å². The van der Waals surface area contributed by atoms with E-state index in [0.29, 0.717) is 0 Å². The quantitative estimate of drug-likeness (QED) is 0.190. The largest absolute Gasteiger partial charge is 0.479 e. The molecule has 1 aromatic carbocycles. The highest BCUT2D eigenvalue weighted by Crippen LogP contribution is 2.35. The monoisotopic (exact) mass is 540 g/mol. The Kier molecular flexibility index (Phi) is 7.24. The lowest BCUT2D eigenvalue weighted by atomic mass is 9.92. The van der Waals surface area contributed by atoms with E-state index in [-0.39, 0.29) is 33.4 Å². The SMILES string of the molecule is N#Cc1ccc(CC(OC[C@H]2O[C@@H](n3cnc4c(N)nc(Cl)nc43)[C@@H](F)[C@@H]2O)(C(=O)O)C(O)O)cc1F. The van der Waals surface area contributed by atoms with Gasteiger partial charge >= 0.3 is 5.97 Å². The second-order valence-electron chi connectivity index (χ2n) is 8.18. The number of nitrogens with two attached hydrogens (primary N) is 1. The zero-order valence-corrected chi connectivity index (χ0v) is 19.3. The Balaban J connectivity index is 1.57. The Bertz CT molecular complexity index is 1390. The van der Waals surface area contributed by atoms with Gasteiger partial charge in [-0.2, -0.15) is 15.2 Å². The number of fused-ring (bicyclic) bond motifs is 1. The summed E-state index contributed by atoms with van der Waals surface area (Å²) in [5.41, 5.74) is 2.73. The first-order valence-electron chi connectivity index (χ1n) is 10.5. The molecule has 1 fully saturated rings. The number of nitriles is 1. The summed E-state index contributed by atoms with van der Waals surface area (Å²) in [6.07, 6.45) is -9.16. The highest BCUT2D eigenvalue weighted by Gasteiger charge is 2.51. The summed E-state index contributed by atoms with van der Waals surface area (Å²) in [7, 11) is 0. The molecule has 1 unspecified atom stereocenters. The number of anilines is 1. The average molecular weight is 541 g/mol. The van der Waals surface area contributed by atoms with Crippen molar-refractivity contribution in [3.63, 3.8) is 0 Å². The topological polar surface area (TPSA) is 210 Å². The minimum absolute atomic E-state index is 0.00687. The summed E-state index contributed by atoms with van der Waals surface area (Å²) < 4.78 is 41.1. The van der Waals surface area contributed by atoms with Crippen LogP contribution in [0.2, 0.25) is 5.28 Å². The van der Waals surface area contributed by atoms with Crippen LogP contribution in [0.25, 0.3) is 11.2 Å². The van der Waals surface area contributed by atoms with Crippen LogP contribution >= 0.6 is 11.6 Å². The van der Waals surface area contributed by atoms with Gasteiger partial charge in [-0.05, 0) is 29.3 Å². The van der Waals surface area contributed by atoms with E-state index in [1.54, 1.807) is 6.07 Å². The number of aliphatic hydroxyl groups is 3. The number of ether oxygens (including phenoxy) is 2. The van der Waals surface area contributed by atoms with Crippen LogP contribution in [0.1, 0.15) is 17.4 Å². The number of hydrogen-bond donors (Lipinski definition) is 5. The number of halogens is 3. The van der Waals surface area contributed by atoms with Crippen LogP contribution in [0.5, 0.6) is 0 Å². The van der Waals surface area contributed by atoms with Crippen molar-refractivity contribution in [3.05, 3.63) is 46.8 Å². The third-order valence-electron chi connectivity index (χ3n) is 5.89. The molecule has 1 saturated heterocycles.